The Bertz CT molecular complexity index is 621. The normalized spacial score (nSPS) is 27.6. The molecule has 3 rings (SSSR count). The molecule has 2 aliphatic heterocycles. The molecule has 2 aliphatic rings. The second kappa shape index (κ2) is 7.54. The Hall–Kier alpha value is -1.92. The average Bonchev–Trinajstić information content (AvgIpc) is 2.60. The Kier molecular flexibility index (Phi) is 5.39. The Morgan fingerprint density at radius 3 is 2.60 bits per heavy atom. The fourth-order valence-corrected chi connectivity index (χ4v) is 4.50. The molecule has 1 aromatic carbocycles. The van der Waals surface area contributed by atoms with Gasteiger partial charge in [0.1, 0.15) is 0 Å². The maximum atomic E-state index is 12.2. The van der Waals surface area contributed by atoms with Gasteiger partial charge in [0.05, 0.1) is 12.0 Å². The number of likely N-dealkylation sites (tertiary alicyclic amines) is 2. The fraction of sp³-hybridized carbons (Fsp3) is 0.579. The summed E-state index contributed by atoms with van der Waals surface area (Å²) in [5, 5.41) is 19.1. The highest BCUT2D eigenvalue weighted by Crippen LogP contribution is 2.41. The topological polar surface area (TPSA) is 81.1 Å². The highest BCUT2D eigenvalue weighted by molar-refractivity contribution is 5.77. The molecule has 6 heteroatoms. The SMILES string of the molecule is O=C(O)CN1CCC[C@]2(C(=O)O)CN(CCc3ccccc3)CC[C@@H]12. The van der Waals surface area contributed by atoms with Crippen LogP contribution in [0.5, 0.6) is 0 Å². The third kappa shape index (κ3) is 3.85. The van der Waals surface area contributed by atoms with Crippen LogP contribution in [0, 0.1) is 5.41 Å². The zero-order valence-corrected chi connectivity index (χ0v) is 14.4. The van der Waals surface area contributed by atoms with E-state index in [0.717, 1.165) is 25.9 Å². The smallest absolute Gasteiger partial charge is 0.317 e. The number of aliphatic carboxylic acids is 2. The van der Waals surface area contributed by atoms with Gasteiger partial charge in [-0.3, -0.25) is 14.5 Å². The van der Waals surface area contributed by atoms with Gasteiger partial charge in [-0.15, -0.1) is 0 Å². The number of hydrogen-bond donors (Lipinski definition) is 2. The molecule has 1 aromatic rings. The van der Waals surface area contributed by atoms with Crippen LogP contribution < -0.4 is 0 Å². The Balaban J connectivity index is 1.70. The van der Waals surface area contributed by atoms with Gasteiger partial charge in [-0.25, -0.2) is 0 Å². The summed E-state index contributed by atoms with van der Waals surface area (Å²) >= 11 is 0. The summed E-state index contributed by atoms with van der Waals surface area (Å²) in [4.78, 5) is 27.4. The molecule has 0 spiro atoms. The van der Waals surface area contributed by atoms with E-state index in [1.807, 2.05) is 23.1 Å². The van der Waals surface area contributed by atoms with Gasteiger partial charge < -0.3 is 15.1 Å². The van der Waals surface area contributed by atoms with Crippen LogP contribution in [-0.4, -0.2) is 70.7 Å². The van der Waals surface area contributed by atoms with Gasteiger partial charge in [0, 0.05) is 19.1 Å². The lowest BCUT2D eigenvalue weighted by Gasteiger charge is -2.52. The fourth-order valence-electron chi connectivity index (χ4n) is 4.50. The molecule has 6 nitrogen and oxygen atoms in total. The average molecular weight is 346 g/mol. The van der Waals surface area contributed by atoms with E-state index < -0.39 is 17.4 Å². The Morgan fingerprint density at radius 2 is 1.92 bits per heavy atom. The van der Waals surface area contributed by atoms with Crippen LogP contribution in [0.4, 0.5) is 0 Å². The molecule has 136 valence electrons. The van der Waals surface area contributed by atoms with Gasteiger partial charge in [0.2, 0.25) is 0 Å². The zero-order valence-electron chi connectivity index (χ0n) is 14.4. The van der Waals surface area contributed by atoms with E-state index in [0.29, 0.717) is 25.9 Å². The zero-order chi connectivity index (χ0) is 17.9. The van der Waals surface area contributed by atoms with E-state index in [4.69, 9.17) is 5.11 Å². The van der Waals surface area contributed by atoms with Crippen molar-refractivity contribution in [3.8, 4) is 0 Å². The number of benzene rings is 1. The first-order valence-corrected chi connectivity index (χ1v) is 8.97. The summed E-state index contributed by atoms with van der Waals surface area (Å²) < 4.78 is 0. The van der Waals surface area contributed by atoms with Gasteiger partial charge in [0.25, 0.3) is 0 Å². The van der Waals surface area contributed by atoms with Crippen LogP contribution in [0.2, 0.25) is 0 Å². The maximum absolute atomic E-state index is 12.2. The molecule has 0 aliphatic carbocycles. The lowest BCUT2D eigenvalue weighted by Crippen LogP contribution is -2.64. The van der Waals surface area contributed by atoms with E-state index in [2.05, 4.69) is 17.0 Å². The summed E-state index contributed by atoms with van der Waals surface area (Å²) in [5.41, 5.74) is 0.410. The molecule has 0 saturated carbocycles. The highest BCUT2D eigenvalue weighted by Gasteiger charge is 2.53. The molecule has 25 heavy (non-hydrogen) atoms. The molecule has 2 fully saturated rings. The number of fused-ring (bicyclic) bond motifs is 1. The van der Waals surface area contributed by atoms with Gasteiger partial charge in [-0.2, -0.15) is 0 Å². The van der Waals surface area contributed by atoms with E-state index in [1.165, 1.54) is 5.56 Å². The third-order valence-corrected chi connectivity index (χ3v) is 5.70. The number of rotatable bonds is 6. The van der Waals surface area contributed by atoms with Crippen LogP contribution in [0.15, 0.2) is 30.3 Å². The number of hydrogen-bond acceptors (Lipinski definition) is 4. The van der Waals surface area contributed by atoms with Crippen molar-refractivity contribution in [1.82, 2.24) is 9.80 Å². The minimum Gasteiger partial charge on any atom is -0.481 e. The van der Waals surface area contributed by atoms with E-state index in [1.54, 1.807) is 0 Å². The Morgan fingerprint density at radius 1 is 1.16 bits per heavy atom. The minimum absolute atomic E-state index is 0.0658. The molecular formula is C19H26N2O4. The monoisotopic (exact) mass is 346 g/mol. The first kappa shape index (κ1) is 17.9. The third-order valence-electron chi connectivity index (χ3n) is 5.70. The van der Waals surface area contributed by atoms with E-state index >= 15 is 0 Å². The van der Waals surface area contributed by atoms with E-state index in [9.17, 15) is 14.7 Å². The van der Waals surface area contributed by atoms with Gasteiger partial charge in [-0.05, 0) is 44.3 Å². The number of nitrogens with zero attached hydrogens (tertiary/aromatic N) is 2. The molecule has 0 radical (unpaired) electrons. The summed E-state index contributed by atoms with van der Waals surface area (Å²) in [6.07, 6.45) is 2.99. The van der Waals surface area contributed by atoms with Crippen molar-refractivity contribution in [2.24, 2.45) is 5.41 Å². The first-order chi connectivity index (χ1) is 12.0. The lowest BCUT2D eigenvalue weighted by atomic mass is 9.69. The van der Waals surface area contributed by atoms with Crippen molar-refractivity contribution in [1.29, 1.82) is 0 Å². The minimum atomic E-state index is -0.882. The molecule has 0 aromatic heterocycles. The van der Waals surface area contributed by atoms with Crippen molar-refractivity contribution in [3.05, 3.63) is 35.9 Å². The number of carboxylic acid groups (broad SMARTS) is 2. The summed E-state index contributed by atoms with van der Waals surface area (Å²) in [7, 11) is 0. The van der Waals surface area contributed by atoms with Crippen LogP contribution in [0.25, 0.3) is 0 Å². The summed E-state index contributed by atoms with van der Waals surface area (Å²) in [6, 6.07) is 10.0. The van der Waals surface area contributed by atoms with Gasteiger partial charge in [0.15, 0.2) is 0 Å². The predicted molar refractivity (Wildman–Crippen MR) is 93.5 cm³/mol. The highest BCUT2D eigenvalue weighted by atomic mass is 16.4. The van der Waals surface area contributed by atoms with Crippen LogP contribution in [0.1, 0.15) is 24.8 Å². The molecule has 0 amide bonds. The van der Waals surface area contributed by atoms with Gasteiger partial charge >= 0.3 is 11.9 Å². The molecule has 0 unspecified atom stereocenters. The molecular weight excluding hydrogens is 320 g/mol. The second-order valence-electron chi connectivity index (χ2n) is 7.25. The molecule has 2 heterocycles. The summed E-state index contributed by atoms with van der Waals surface area (Å²) in [6.45, 7) is 2.78. The maximum Gasteiger partial charge on any atom is 0.317 e. The number of carbonyl (C=O) groups is 2. The number of piperidine rings is 2. The molecule has 2 N–H and O–H groups in total. The second-order valence-corrected chi connectivity index (χ2v) is 7.25. The van der Waals surface area contributed by atoms with Crippen molar-refractivity contribution in [2.75, 3.05) is 32.7 Å². The summed E-state index contributed by atoms with van der Waals surface area (Å²) in [5.74, 6) is -1.66. The quantitative estimate of drug-likeness (QED) is 0.813. The van der Waals surface area contributed by atoms with E-state index in [-0.39, 0.29) is 12.6 Å². The van der Waals surface area contributed by atoms with Crippen molar-refractivity contribution in [2.45, 2.75) is 31.7 Å². The van der Waals surface area contributed by atoms with Crippen molar-refractivity contribution in [3.63, 3.8) is 0 Å². The lowest BCUT2D eigenvalue weighted by molar-refractivity contribution is -0.166. The molecule has 0 bridgehead atoms. The largest absolute Gasteiger partial charge is 0.481 e. The van der Waals surface area contributed by atoms with Crippen LogP contribution in [0.3, 0.4) is 0 Å². The Labute approximate surface area is 148 Å². The van der Waals surface area contributed by atoms with Crippen LogP contribution >= 0.6 is 0 Å². The molecule has 2 saturated heterocycles. The van der Waals surface area contributed by atoms with Crippen LogP contribution in [-0.2, 0) is 16.0 Å². The van der Waals surface area contributed by atoms with Crippen molar-refractivity contribution < 1.29 is 19.8 Å². The first-order valence-electron chi connectivity index (χ1n) is 8.97. The number of carboxylic acids is 2. The molecule has 2 atom stereocenters. The standard InChI is InChI=1S/C19H26N2O4/c22-17(23)13-21-10-4-9-19(18(24)25)14-20(12-8-16(19)21)11-7-15-5-2-1-3-6-15/h1-3,5-6,16H,4,7-14H2,(H,22,23)(H,24,25)/t16-,19+/m1/s1. The van der Waals surface area contributed by atoms with Gasteiger partial charge in [-0.1, -0.05) is 30.3 Å². The van der Waals surface area contributed by atoms with Crippen molar-refractivity contribution >= 4 is 11.9 Å². The predicted octanol–water partition coefficient (Wildman–Crippen LogP) is 1.55.